The molecule has 0 radical (unpaired) electrons. The maximum absolute atomic E-state index is 13.1. The van der Waals surface area contributed by atoms with Gasteiger partial charge in [-0.15, -0.1) is 0 Å². The van der Waals surface area contributed by atoms with Crippen LogP contribution in [0.25, 0.3) is 15.7 Å². The second-order valence-corrected chi connectivity index (χ2v) is 8.13. The zero-order chi connectivity index (χ0) is 22.0. The van der Waals surface area contributed by atoms with E-state index in [4.69, 9.17) is 9.58 Å². The average molecular weight is 431 g/mol. The minimum Gasteiger partial charge on any atom is -0.501 e. The quantitative estimate of drug-likeness (QED) is 0.270. The predicted molar refractivity (Wildman–Crippen MR) is 114 cm³/mol. The Morgan fingerprint density at radius 2 is 1.55 bits per heavy atom. The first-order valence-electron chi connectivity index (χ1n) is 9.15. The van der Waals surface area contributed by atoms with Crippen LogP contribution in [0.15, 0.2) is 89.8 Å². The standard InChI is InChI=1S/C23H14N2O5S/c24-25-19-14-13-16-17(23(19)27)10-6-12-21(16)31(28,29)30-20-11-5-4-9-18(20)22(26)15-7-2-1-3-8-15/h1-14H/p+1. The molecule has 4 rings (SSSR count). The summed E-state index contributed by atoms with van der Waals surface area (Å²) in [6, 6.07) is 21.5. The van der Waals surface area contributed by atoms with Gasteiger partial charge in [0.2, 0.25) is 11.1 Å². The minimum atomic E-state index is -4.37. The van der Waals surface area contributed by atoms with Crippen LogP contribution in [-0.4, -0.2) is 19.3 Å². The van der Waals surface area contributed by atoms with Gasteiger partial charge in [-0.05, 0) is 24.3 Å². The molecule has 0 saturated carbocycles. The normalized spacial score (nSPS) is 11.1. The molecule has 0 heterocycles. The van der Waals surface area contributed by atoms with Gasteiger partial charge in [-0.25, -0.2) is 0 Å². The number of phenols is 1. The Bertz CT molecular complexity index is 1460. The lowest BCUT2D eigenvalue weighted by molar-refractivity contribution is 0.103. The summed E-state index contributed by atoms with van der Waals surface area (Å²) in [5.74, 6) is -0.854. The van der Waals surface area contributed by atoms with E-state index in [0.29, 0.717) is 5.56 Å². The third-order valence-corrected chi connectivity index (χ3v) is 6.01. The van der Waals surface area contributed by atoms with E-state index in [1.165, 1.54) is 42.5 Å². The van der Waals surface area contributed by atoms with Gasteiger partial charge in [0.15, 0.2) is 16.5 Å². The van der Waals surface area contributed by atoms with Crippen LogP contribution in [0.3, 0.4) is 0 Å². The summed E-state index contributed by atoms with van der Waals surface area (Å²) >= 11 is 0. The maximum atomic E-state index is 13.1. The summed E-state index contributed by atoms with van der Waals surface area (Å²) in [5, 5.41) is 19.6. The Hall–Kier alpha value is -4.22. The SMILES string of the molecule is N#[N+]c1ccc2c(S(=O)(=O)Oc3ccccc3C(=O)c3ccccc3)cccc2c1O. The fraction of sp³-hybridized carbons (Fsp3) is 0. The third-order valence-electron chi connectivity index (χ3n) is 4.72. The van der Waals surface area contributed by atoms with Crippen molar-refractivity contribution in [3.63, 3.8) is 0 Å². The average Bonchev–Trinajstić information content (AvgIpc) is 2.79. The molecule has 0 atom stereocenters. The summed E-state index contributed by atoms with van der Waals surface area (Å²) in [4.78, 5) is 15.6. The van der Waals surface area contributed by atoms with E-state index in [9.17, 15) is 18.3 Å². The highest BCUT2D eigenvalue weighted by Crippen LogP contribution is 2.38. The molecule has 31 heavy (non-hydrogen) atoms. The number of fused-ring (bicyclic) bond motifs is 1. The molecule has 0 amide bonds. The minimum absolute atomic E-state index is 0.0956. The molecule has 0 aliphatic heterocycles. The van der Waals surface area contributed by atoms with Crippen molar-refractivity contribution in [1.82, 2.24) is 0 Å². The van der Waals surface area contributed by atoms with Gasteiger partial charge in [0.25, 0.3) is 0 Å². The molecular formula is C23H15N2O5S+. The van der Waals surface area contributed by atoms with Crippen LogP contribution >= 0.6 is 0 Å². The van der Waals surface area contributed by atoms with Crippen molar-refractivity contribution in [3.8, 4) is 11.5 Å². The van der Waals surface area contributed by atoms with Gasteiger partial charge in [-0.2, -0.15) is 8.42 Å². The van der Waals surface area contributed by atoms with Gasteiger partial charge in [0.1, 0.15) is 4.90 Å². The summed E-state index contributed by atoms with van der Waals surface area (Å²) in [5.41, 5.74) is 0.398. The fourth-order valence-electron chi connectivity index (χ4n) is 3.24. The number of diazo groups is 1. The molecule has 1 N–H and O–H groups in total. The lowest BCUT2D eigenvalue weighted by Gasteiger charge is -2.12. The second kappa shape index (κ2) is 7.89. The molecule has 0 aromatic heterocycles. The van der Waals surface area contributed by atoms with Crippen LogP contribution in [0, 0.1) is 5.39 Å². The van der Waals surface area contributed by atoms with Crippen LogP contribution in [0.1, 0.15) is 15.9 Å². The fourth-order valence-corrected chi connectivity index (χ4v) is 4.40. The third kappa shape index (κ3) is 3.70. The largest absolute Gasteiger partial charge is 0.501 e. The number of nitrogens with zero attached hydrogens (tertiary/aromatic N) is 2. The van der Waals surface area contributed by atoms with Crippen LogP contribution in [0.4, 0.5) is 5.69 Å². The summed E-state index contributed by atoms with van der Waals surface area (Å²) < 4.78 is 31.6. The van der Waals surface area contributed by atoms with Crippen LogP contribution in [0.2, 0.25) is 0 Å². The smallest absolute Gasteiger partial charge is 0.426 e. The molecule has 8 heteroatoms. The topological polar surface area (TPSA) is 109 Å². The Labute approximate surface area is 177 Å². The van der Waals surface area contributed by atoms with Crippen molar-refractivity contribution in [2.75, 3.05) is 0 Å². The highest BCUT2D eigenvalue weighted by Gasteiger charge is 2.26. The van der Waals surface area contributed by atoms with Crippen molar-refractivity contribution in [1.29, 1.82) is 5.39 Å². The van der Waals surface area contributed by atoms with Crippen molar-refractivity contribution in [2.45, 2.75) is 4.90 Å². The highest BCUT2D eigenvalue weighted by atomic mass is 32.2. The number of benzene rings is 4. The molecule has 0 unspecified atom stereocenters. The Kier molecular flexibility index (Phi) is 5.11. The number of rotatable bonds is 5. The number of hydrogen-bond donors (Lipinski definition) is 1. The van der Waals surface area contributed by atoms with Crippen LogP contribution in [-0.2, 0) is 10.1 Å². The lowest BCUT2D eigenvalue weighted by Crippen LogP contribution is -2.13. The van der Waals surface area contributed by atoms with E-state index in [2.05, 4.69) is 4.98 Å². The number of carbonyl (C=O) groups excluding carboxylic acids is 1. The molecule has 0 spiro atoms. The predicted octanol–water partition coefficient (Wildman–Crippen LogP) is 5.03. The molecule has 0 bridgehead atoms. The van der Waals surface area contributed by atoms with Crippen molar-refractivity contribution in [3.05, 3.63) is 101 Å². The zero-order valence-corrected chi connectivity index (χ0v) is 16.8. The number of para-hydroxylation sites is 1. The molecule has 0 saturated heterocycles. The lowest BCUT2D eigenvalue weighted by atomic mass is 10.0. The first kappa shape index (κ1) is 20.1. The van der Waals surface area contributed by atoms with Crippen LogP contribution < -0.4 is 4.18 Å². The van der Waals surface area contributed by atoms with Crippen molar-refractivity contribution < 1.29 is 22.5 Å². The summed E-state index contributed by atoms with van der Waals surface area (Å²) in [6.45, 7) is 0. The van der Waals surface area contributed by atoms with E-state index in [0.717, 1.165) is 0 Å². The van der Waals surface area contributed by atoms with Crippen molar-refractivity contribution in [2.24, 2.45) is 0 Å². The molecule has 4 aromatic carbocycles. The molecule has 0 aliphatic carbocycles. The van der Waals surface area contributed by atoms with Gasteiger partial charge >= 0.3 is 15.8 Å². The number of carbonyl (C=O) groups is 1. The van der Waals surface area contributed by atoms with Gasteiger partial charge < -0.3 is 9.29 Å². The van der Waals surface area contributed by atoms with E-state index >= 15 is 0 Å². The first-order valence-corrected chi connectivity index (χ1v) is 10.6. The molecule has 4 aromatic rings. The number of ketones is 1. The van der Waals surface area contributed by atoms with Crippen LogP contribution in [0.5, 0.6) is 11.5 Å². The number of hydrogen-bond acceptors (Lipinski definition) is 6. The highest BCUT2D eigenvalue weighted by molar-refractivity contribution is 7.87. The van der Waals surface area contributed by atoms with E-state index in [1.54, 1.807) is 42.5 Å². The van der Waals surface area contributed by atoms with Gasteiger partial charge in [-0.1, -0.05) is 54.6 Å². The van der Waals surface area contributed by atoms with Crippen molar-refractivity contribution >= 4 is 32.4 Å². The van der Waals surface area contributed by atoms with Gasteiger partial charge in [-0.3, -0.25) is 4.79 Å². The number of phenolic OH excluding ortho intramolecular Hbond substituents is 1. The molecule has 152 valence electrons. The molecule has 0 aliphatic rings. The zero-order valence-electron chi connectivity index (χ0n) is 16.0. The Morgan fingerprint density at radius 3 is 2.29 bits per heavy atom. The molecule has 7 nitrogen and oxygen atoms in total. The maximum Gasteiger partial charge on any atom is 0.426 e. The van der Waals surface area contributed by atoms with E-state index in [-0.39, 0.29) is 44.2 Å². The summed E-state index contributed by atoms with van der Waals surface area (Å²) in [7, 11) is -4.37. The second-order valence-electron chi connectivity index (χ2n) is 6.61. The summed E-state index contributed by atoms with van der Waals surface area (Å²) in [6.07, 6.45) is 0. The molecule has 0 fully saturated rings. The molecular weight excluding hydrogens is 416 g/mol. The van der Waals surface area contributed by atoms with Gasteiger partial charge in [0, 0.05) is 22.4 Å². The first-order chi connectivity index (χ1) is 14.9. The van der Waals surface area contributed by atoms with Gasteiger partial charge in [0.05, 0.1) is 5.56 Å². The van der Waals surface area contributed by atoms with E-state index < -0.39 is 10.1 Å². The Morgan fingerprint density at radius 1 is 0.839 bits per heavy atom. The number of aromatic hydroxyl groups is 1. The monoisotopic (exact) mass is 431 g/mol. The van der Waals surface area contributed by atoms with E-state index in [1.807, 2.05) is 0 Å². The Balaban J connectivity index is 1.79.